The second-order valence-corrected chi connectivity index (χ2v) is 6.90. The number of aromatic nitrogens is 1. The van der Waals surface area contributed by atoms with Crippen LogP contribution >= 0.6 is 11.3 Å². The number of hydrogen-bond acceptors (Lipinski definition) is 6. The van der Waals surface area contributed by atoms with E-state index in [9.17, 15) is 9.59 Å². The lowest BCUT2D eigenvalue weighted by Crippen LogP contribution is -2.25. The molecule has 144 valence electrons. The van der Waals surface area contributed by atoms with Crippen LogP contribution in [0, 0.1) is 0 Å². The van der Waals surface area contributed by atoms with Crippen LogP contribution in [0.2, 0.25) is 0 Å². The van der Waals surface area contributed by atoms with Crippen LogP contribution < -0.4 is 10.3 Å². The summed E-state index contributed by atoms with van der Waals surface area (Å²) in [5.41, 5.74) is 0.599. The number of fused-ring (bicyclic) bond motifs is 3. The normalized spacial score (nSPS) is 11.3. The number of rotatable bonds is 7. The number of para-hydroxylation sites is 1. The predicted octanol–water partition coefficient (Wildman–Crippen LogP) is 2.80. The van der Waals surface area contributed by atoms with Gasteiger partial charge >= 0.3 is 0 Å². The molecule has 0 N–H and O–H groups in total. The van der Waals surface area contributed by atoms with E-state index in [0.717, 1.165) is 20.7 Å². The van der Waals surface area contributed by atoms with E-state index in [2.05, 4.69) is 0 Å². The molecule has 0 fully saturated rings. The molecule has 27 heavy (non-hydrogen) atoms. The van der Waals surface area contributed by atoms with Gasteiger partial charge in [-0.25, -0.2) is 5.06 Å². The van der Waals surface area contributed by atoms with Gasteiger partial charge in [0.15, 0.2) is 5.75 Å². The first-order valence-electron chi connectivity index (χ1n) is 8.58. The Bertz CT molecular complexity index is 1040. The maximum Gasteiger partial charge on any atom is 0.291 e. The Balaban J connectivity index is 2.26. The maximum atomic E-state index is 13.0. The molecule has 1 aromatic carbocycles. The number of amides is 1. The minimum absolute atomic E-state index is 0.203. The van der Waals surface area contributed by atoms with Gasteiger partial charge < -0.3 is 14.0 Å². The lowest BCUT2D eigenvalue weighted by atomic mass is 10.1. The van der Waals surface area contributed by atoms with Gasteiger partial charge in [-0.05, 0) is 13.0 Å². The molecule has 0 saturated carbocycles. The first-order chi connectivity index (χ1) is 13.0. The molecule has 0 aliphatic carbocycles. The van der Waals surface area contributed by atoms with Crippen molar-refractivity contribution in [3.05, 3.63) is 39.5 Å². The van der Waals surface area contributed by atoms with Crippen molar-refractivity contribution in [2.75, 3.05) is 34.0 Å². The van der Waals surface area contributed by atoms with Crippen LogP contribution in [-0.2, 0) is 16.6 Å². The van der Waals surface area contributed by atoms with E-state index in [4.69, 9.17) is 14.3 Å². The number of ether oxygens (including phenoxy) is 2. The molecule has 2 heterocycles. The van der Waals surface area contributed by atoms with Gasteiger partial charge in [-0.1, -0.05) is 18.2 Å². The minimum atomic E-state index is -0.365. The van der Waals surface area contributed by atoms with Crippen molar-refractivity contribution in [3.63, 3.8) is 0 Å². The van der Waals surface area contributed by atoms with Crippen molar-refractivity contribution in [3.8, 4) is 5.75 Å². The van der Waals surface area contributed by atoms with Gasteiger partial charge in [0.25, 0.3) is 11.5 Å². The summed E-state index contributed by atoms with van der Waals surface area (Å²) in [5.74, 6) is -0.0776. The number of carbonyl (C=O) groups is 1. The third-order valence-corrected chi connectivity index (χ3v) is 5.52. The van der Waals surface area contributed by atoms with Crippen molar-refractivity contribution >= 4 is 38.2 Å². The summed E-state index contributed by atoms with van der Waals surface area (Å²) in [6.07, 6.45) is 0. The molecule has 3 rings (SSSR count). The average Bonchev–Trinajstić information content (AvgIpc) is 3.08. The molecule has 0 bridgehead atoms. The fourth-order valence-corrected chi connectivity index (χ4v) is 4.12. The number of nitrogens with zero attached hydrogens (tertiary/aromatic N) is 2. The molecule has 8 heteroatoms. The summed E-state index contributed by atoms with van der Waals surface area (Å²) in [5, 5.41) is 2.42. The molecule has 0 spiro atoms. The van der Waals surface area contributed by atoms with Crippen LogP contribution in [0.3, 0.4) is 0 Å². The molecule has 3 aromatic rings. The average molecular weight is 390 g/mol. The molecule has 0 atom stereocenters. The second-order valence-electron chi connectivity index (χ2n) is 5.88. The summed E-state index contributed by atoms with van der Waals surface area (Å²) in [6.45, 7) is 3.07. The zero-order valence-electron chi connectivity index (χ0n) is 15.8. The summed E-state index contributed by atoms with van der Waals surface area (Å²) in [7, 11) is 4.65. The summed E-state index contributed by atoms with van der Waals surface area (Å²) >= 11 is 1.24. The van der Waals surface area contributed by atoms with Crippen molar-refractivity contribution < 1.29 is 19.1 Å². The Hall–Kier alpha value is -2.42. The van der Waals surface area contributed by atoms with E-state index < -0.39 is 0 Å². The van der Waals surface area contributed by atoms with Gasteiger partial charge in [-0.2, -0.15) is 0 Å². The molecule has 0 aliphatic rings. The van der Waals surface area contributed by atoms with Gasteiger partial charge in [0.05, 0.1) is 23.9 Å². The quantitative estimate of drug-likeness (QED) is 0.458. The Morgan fingerprint density at radius 1 is 1.26 bits per heavy atom. The van der Waals surface area contributed by atoms with Crippen LogP contribution in [0.4, 0.5) is 0 Å². The summed E-state index contributed by atoms with van der Waals surface area (Å²) in [6, 6.07) is 7.61. The molecule has 0 radical (unpaired) electrons. The Kier molecular flexibility index (Phi) is 5.79. The van der Waals surface area contributed by atoms with Gasteiger partial charge in [0.2, 0.25) is 0 Å². The number of carbonyl (C=O) groups excluding carboxylic acids is 1. The zero-order valence-corrected chi connectivity index (χ0v) is 16.6. The standard InChI is InChI=1S/C19H22N2O5S/c1-5-25-10-11-26-15-14-16(27-17(15)19(23)21(3)24-4)12-8-6-7-9-13(12)20(2)18(14)22/h6-9H,5,10-11H2,1-4H3. The molecular formula is C19H22N2O5S. The molecule has 0 unspecified atom stereocenters. The summed E-state index contributed by atoms with van der Waals surface area (Å²) in [4.78, 5) is 31.2. The highest BCUT2D eigenvalue weighted by atomic mass is 32.1. The number of aryl methyl sites for hydroxylation is 1. The fourth-order valence-electron chi connectivity index (χ4n) is 2.89. The number of hydrogen-bond donors (Lipinski definition) is 0. The van der Waals surface area contributed by atoms with Gasteiger partial charge in [0, 0.05) is 26.1 Å². The van der Waals surface area contributed by atoms with Crippen LogP contribution in [-0.4, -0.2) is 49.5 Å². The van der Waals surface area contributed by atoms with E-state index in [1.807, 2.05) is 31.2 Å². The minimum Gasteiger partial charge on any atom is -0.489 e. The van der Waals surface area contributed by atoms with E-state index in [0.29, 0.717) is 23.5 Å². The molecule has 2 aromatic heterocycles. The Labute approximate surface area is 160 Å². The van der Waals surface area contributed by atoms with E-state index in [1.54, 1.807) is 11.6 Å². The van der Waals surface area contributed by atoms with Crippen molar-refractivity contribution in [2.24, 2.45) is 7.05 Å². The van der Waals surface area contributed by atoms with Crippen LogP contribution in [0.25, 0.3) is 21.0 Å². The van der Waals surface area contributed by atoms with Crippen molar-refractivity contribution in [2.45, 2.75) is 6.92 Å². The Morgan fingerprint density at radius 2 is 2.00 bits per heavy atom. The highest BCUT2D eigenvalue weighted by Gasteiger charge is 2.26. The monoisotopic (exact) mass is 390 g/mol. The lowest BCUT2D eigenvalue weighted by molar-refractivity contribution is -0.0755. The highest BCUT2D eigenvalue weighted by molar-refractivity contribution is 7.22. The number of pyridine rings is 1. The fraction of sp³-hybridized carbons (Fsp3) is 0.368. The van der Waals surface area contributed by atoms with Gasteiger partial charge in [-0.15, -0.1) is 11.3 Å². The SMILES string of the molecule is CCOCCOc1c(C(=O)N(C)OC)sc2c1c(=O)n(C)c1ccccc21. The van der Waals surface area contributed by atoms with Crippen LogP contribution in [0.15, 0.2) is 29.1 Å². The second kappa shape index (κ2) is 8.08. The first kappa shape index (κ1) is 19.3. The third-order valence-electron chi connectivity index (χ3n) is 4.33. The molecular weight excluding hydrogens is 368 g/mol. The Morgan fingerprint density at radius 3 is 2.70 bits per heavy atom. The van der Waals surface area contributed by atoms with E-state index >= 15 is 0 Å². The molecule has 0 saturated heterocycles. The van der Waals surface area contributed by atoms with E-state index in [-0.39, 0.29) is 23.8 Å². The van der Waals surface area contributed by atoms with Crippen molar-refractivity contribution in [1.29, 1.82) is 0 Å². The number of benzene rings is 1. The van der Waals surface area contributed by atoms with Gasteiger partial charge in [0.1, 0.15) is 16.9 Å². The maximum absolute atomic E-state index is 13.0. The molecule has 1 amide bonds. The molecule has 0 aliphatic heterocycles. The van der Waals surface area contributed by atoms with Gasteiger partial charge in [-0.3, -0.25) is 14.4 Å². The highest BCUT2D eigenvalue weighted by Crippen LogP contribution is 2.40. The molecule has 7 nitrogen and oxygen atoms in total. The zero-order chi connectivity index (χ0) is 19.6. The topological polar surface area (TPSA) is 70.0 Å². The van der Waals surface area contributed by atoms with Crippen LogP contribution in [0.1, 0.15) is 16.6 Å². The predicted molar refractivity (Wildman–Crippen MR) is 106 cm³/mol. The lowest BCUT2D eigenvalue weighted by Gasteiger charge is -2.14. The van der Waals surface area contributed by atoms with Crippen LogP contribution in [0.5, 0.6) is 5.75 Å². The third kappa shape index (κ3) is 3.43. The van der Waals surface area contributed by atoms with E-state index in [1.165, 1.54) is 25.5 Å². The number of thiophene rings is 1. The smallest absolute Gasteiger partial charge is 0.291 e. The summed E-state index contributed by atoms with van der Waals surface area (Å²) < 4.78 is 13.5. The number of hydroxylamine groups is 2. The largest absolute Gasteiger partial charge is 0.489 e. The van der Waals surface area contributed by atoms with Crippen molar-refractivity contribution in [1.82, 2.24) is 9.63 Å². The first-order valence-corrected chi connectivity index (χ1v) is 9.39.